The van der Waals surface area contributed by atoms with Crippen LogP contribution in [-0.4, -0.2) is 37.1 Å². The van der Waals surface area contributed by atoms with E-state index in [0.717, 1.165) is 12.5 Å². The maximum atomic E-state index is 3.60. The highest BCUT2D eigenvalue weighted by Gasteiger charge is 2.23. The Labute approximate surface area is 109 Å². The number of hydrogen-bond acceptors (Lipinski definition) is 3. The van der Waals surface area contributed by atoms with Gasteiger partial charge >= 0.3 is 0 Å². The topological polar surface area (TPSA) is 15.3 Å². The Hall–Kier alpha value is -0.380. The molecule has 0 spiro atoms. The van der Waals surface area contributed by atoms with E-state index in [2.05, 4.69) is 40.9 Å². The normalized spacial score (nSPS) is 21.5. The van der Waals surface area contributed by atoms with Crippen LogP contribution in [0, 0.1) is 5.92 Å². The lowest BCUT2D eigenvalue weighted by molar-refractivity contribution is 0.264. The van der Waals surface area contributed by atoms with Gasteiger partial charge < -0.3 is 10.2 Å². The Morgan fingerprint density at radius 1 is 1.53 bits per heavy atom. The van der Waals surface area contributed by atoms with Crippen molar-refractivity contribution in [1.29, 1.82) is 0 Å². The van der Waals surface area contributed by atoms with Crippen LogP contribution >= 0.6 is 11.3 Å². The van der Waals surface area contributed by atoms with Gasteiger partial charge in [-0.15, -0.1) is 0 Å². The molecular formula is C14H24N2S. The molecule has 1 atom stereocenters. The van der Waals surface area contributed by atoms with Crippen molar-refractivity contribution in [3.63, 3.8) is 0 Å². The van der Waals surface area contributed by atoms with E-state index in [1.54, 1.807) is 11.3 Å². The maximum absolute atomic E-state index is 3.60. The standard InChI is InChI=1S/C14H24N2S/c1-12(2)16-7-4-14(10-16)9-15-6-3-13-5-8-17-11-13/h5,8,11-12,14-15H,3-4,6-7,9-10H2,1-2H3. The molecule has 1 unspecified atom stereocenters. The van der Waals surface area contributed by atoms with Gasteiger partial charge in [0.2, 0.25) is 0 Å². The van der Waals surface area contributed by atoms with Gasteiger partial charge in [0.05, 0.1) is 0 Å². The average Bonchev–Trinajstić information content (AvgIpc) is 2.96. The van der Waals surface area contributed by atoms with E-state index in [1.165, 1.54) is 38.0 Å². The summed E-state index contributed by atoms with van der Waals surface area (Å²) in [5, 5.41) is 8.01. The number of thiophene rings is 1. The fourth-order valence-electron chi connectivity index (χ4n) is 2.47. The number of nitrogens with zero attached hydrogens (tertiary/aromatic N) is 1. The van der Waals surface area contributed by atoms with Crippen LogP contribution < -0.4 is 5.32 Å². The van der Waals surface area contributed by atoms with Crippen LogP contribution in [0.15, 0.2) is 16.8 Å². The van der Waals surface area contributed by atoms with E-state index >= 15 is 0 Å². The van der Waals surface area contributed by atoms with Crippen molar-refractivity contribution < 1.29 is 0 Å². The van der Waals surface area contributed by atoms with Crippen LogP contribution in [0.5, 0.6) is 0 Å². The lowest BCUT2D eigenvalue weighted by Crippen LogP contribution is -2.31. The molecule has 0 bridgehead atoms. The largest absolute Gasteiger partial charge is 0.316 e. The van der Waals surface area contributed by atoms with Crippen LogP contribution in [0.1, 0.15) is 25.8 Å². The molecule has 3 heteroatoms. The fourth-order valence-corrected chi connectivity index (χ4v) is 3.18. The Bertz CT molecular complexity index is 308. The number of nitrogens with one attached hydrogen (secondary N) is 1. The second-order valence-electron chi connectivity index (χ2n) is 5.33. The van der Waals surface area contributed by atoms with Gasteiger partial charge in [0.1, 0.15) is 0 Å². The Balaban J connectivity index is 1.57. The first-order chi connectivity index (χ1) is 8.25. The molecular weight excluding hydrogens is 228 g/mol. The second-order valence-corrected chi connectivity index (χ2v) is 6.11. The summed E-state index contributed by atoms with van der Waals surface area (Å²) in [7, 11) is 0. The van der Waals surface area contributed by atoms with Crippen LogP contribution in [0.25, 0.3) is 0 Å². The molecule has 0 saturated carbocycles. The molecule has 17 heavy (non-hydrogen) atoms. The third-order valence-electron chi connectivity index (χ3n) is 3.65. The minimum Gasteiger partial charge on any atom is -0.316 e. The van der Waals surface area contributed by atoms with Gasteiger partial charge in [0, 0.05) is 12.6 Å². The van der Waals surface area contributed by atoms with E-state index < -0.39 is 0 Å². The molecule has 1 fully saturated rings. The summed E-state index contributed by atoms with van der Waals surface area (Å²) >= 11 is 1.79. The quantitative estimate of drug-likeness (QED) is 0.783. The molecule has 2 heterocycles. The molecule has 0 amide bonds. The highest BCUT2D eigenvalue weighted by atomic mass is 32.1. The predicted octanol–water partition coefficient (Wildman–Crippen LogP) is 2.61. The molecule has 1 aromatic rings. The Morgan fingerprint density at radius 2 is 2.41 bits per heavy atom. The molecule has 1 N–H and O–H groups in total. The lowest BCUT2D eigenvalue weighted by Gasteiger charge is -2.20. The molecule has 2 nitrogen and oxygen atoms in total. The van der Waals surface area contributed by atoms with Gasteiger partial charge in [-0.25, -0.2) is 0 Å². The monoisotopic (exact) mass is 252 g/mol. The van der Waals surface area contributed by atoms with E-state index in [0.29, 0.717) is 6.04 Å². The Kier molecular flexibility index (Phi) is 5.01. The van der Waals surface area contributed by atoms with E-state index in [-0.39, 0.29) is 0 Å². The lowest BCUT2D eigenvalue weighted by atomic mass is 10.1. The molecule has 1 aliphatic heterocycles. The number of likely N-dealkylation sites (tertiary alicyclic amines) is 1. The summed E-state index contributed by atoms with van der Waals surface area (Å²) < 4.78 is 0. The van der Waals surface area contributed by atoms with E-state index in [9.17, 15) is 0 Å². The van der Waals surface area contributed by atoms with Gasteiger partial charge in [-0.3, -0.25) is 0 Å². The smallest absolute Gasteiger partial charge is 0.00387 e. The van der Waals surface area contributed by atoms with Crippen molar-refractivity contribution in [2.24, 2.45) is 5.92 Å². The maximum Gasteiger partial charge on any atom is 0.00387 e. The third kappa shape index (κ3) is 4.09. The zero-order valence-electron chi connectivity index (χ0n) is 11.0. The summed E-state index contributed by atoms with van der Waals surface area (Å²) in [6, 6.07) is 2.94. The van der Waals surface area contributed by atoms with Crippen LogP contribution in [-0.2, 0) is 6.42 Å². The SMILES string of the molecule is CC(C)N1CCC(CNCCc2ccsc2)C1. The van der Waals surface area contributed by atoms with E-state index in [1.807, 2.05) is 0 Å². The molecule has 0 aromatic carbocycles. The molecule has 1 aromatic heterocycles. The molecule has 2 rings (SSSR count). The molecule has 0 radical (unpaired) electrons. The molecule has 1 aliphatic rings. The summed E-state index contributed by atoms with van der Waals surface area (Å²) in [5.41, 5.74) is 1.47. The first-order valence-corrected chi connectivity index (χ1v) is 7.66. The Morgan fingerprint density at radius 3 is 3.06 bits per heavy atom. The first kappa shape index (κ1) is 13.1. The van der Waals surface area contributed by atoms with Crippen molar-refractivity contribution >= 4 is 11.3 Å². The van der Waals surface area contributed by atoms with Crippen LogP contribution in [0.2, 0.25) is 0 Å². The number of rotatable bonds is 6. The van der Waals surface area contributed by atoms with Crippen molar-refractivity contribution in [3.05, 3.63) is 22.4 Å². The highest BCUT2D eigenvalue weighted by Crippen LogP contribution is 2.17. The molecule has 0 aliphatic carbocycles. The second kappa shape index (κ2) is 6.53. The summed E-state index contributed by atoms with van der Waals surface area (Å²) in [5.74, 6) is 0.861. The van der Waals surface area contributed by atoms with Crippen molar-refractivity contribution in [1.82, 2.24) is 10.2 Å². The van der Waals surface area contributed by atoms with Crippen LogP contribution in [0.3, 0.4) is 0 Å². The van der Waals surface area contributed by atoms with Gasteiger partial charge in [-0.05, 0) is 74.6 Å². The predicted molar refractivity (Wildman–Crippen MR) is 75.7 cm³/mol. The number of hydrogen-bond donors (Lipinski definition) is 1. The zero-order chi connectivity index (χ0) is 12.1. The van der Waals surface area contributed by atoms with Gasteiger partial charge in [-0.2, -0.15) is 11.3 Å². The third-order valence-corrected chi connectivity index (χ3v) is 4.38. The first-order valence-electron chi connectivity index (χ1n) is 6.71. The molecule has 1 saturated heterocycles. The van der Waals surface area contributed by atoms with Crippen molar-refractivity contribution in [2.45, 2.75) is 32.7 Å². The van der Waals surface area contributed by atoms with Gasteiger partial charge in [0.25, 0.3) is 0 Å². The highest BCUT2D eigenvalue weighted by molar-refractivity contribution is 7.07. The van der Waals surface area contributed by atoms with Crippen molar-refractivity contribution in [2.75, 3.05) is 26.2 Å². The zero-order valence-corrected chi connectivity index (χ0v) is 11.8. The van der Waals surface area contributed by atoms with Gasteiger partial charge in [-0.1, -0.05) is 0 Å². The summed E-state index contributed by atoms with van der Waals surface area (Å²) in [6.07, 6.45) is 2.54. The summed E-state index contributed by atoms with van der Waals surface area (Å²) in [4.78, 5) is 2.59. The van der Waals surface area contributed by atoms with Gasteiger partial charge in [0.15, 0.2) is 0 Å². The average molecular weight is 252 g/mol. The fraction of sp³-hybridized carbons (Fsp3) is 0.714. The minimum absolute atomic E-state index is 0.714. The van der Waals surface area contributed by atoms with Crippen LogP contribution in [0.4, 0.5) is 0 Å². The molecule has 96 valence electrons. The summed E-state index contributed by atoms with van der Waals surface area (Å²) in [6.45, 7) is 9.47. The minimum atomic E-state index is 0.714. The van der Waals surface area contributed by atoms with E-state index in [4.69, 9.17) is 0 Å². The van der Waals surface area contributed by atoms with Crippen molar-refractivity contribution in [3.8, 4) is 0 Å².